The molecule has 0 spiro atoms. The van der Waals surface area contributed by atoms with E-state index in [1.54, 1.807) is 0 Å². The normalized spacial score (nSPS) is 39.0. The number of carboxylic acid groups (broad SMARTS) is 1. The van der Waals surface area contributed by atoms with Crippen molar-refractivity contribution < 1.29 is 19.4 Å². The molecule has 3 saturated carbocycles. The SMILES string of the molecule is CC(C)CCCC[C@H]1CCC2C3CC=C4C[C@@H](OC(=O)NCC(=O)O)CCC4(C)C3CC[C@@]21C. The monoisotopic (exact) mass is 473 g/mol. The number of rotatable bonds is 8. The highest BCUT2D eigenvalue weighted by Crippen LogP contribution is 2.66. The lowest BCUT2D eigenvalue weighted by Crippen LogP contribution is -2.50. The molecule has 2 N–H and O–H groups in total. The highest BCUT2D eigenvalue weighted by Gasteiger charge is 2.58. The molecule has 0 aromatic carbocycles. The Labute approximate surface area is 206 Å². The first-order valence-corrected chi connectivity index (χ1v) is 14.0. The number of amides is 1. The van der Waals surface area contributed by atoms with Crippen molar-refractivity contribution in [3.63, 3.8) is 0 Å². The molecule has 34 heavy (non-hydrogen) atoms. The zero-order chi connectivity index (χ0) is 24.5. The van der Waals surface area contributed by atoms with Crippen LogP contribution in [0.15, 0.2) is 11.6 Å². The van der Waals surface area contributed by atoms with Gasteiger partial charge in [0.05, 0.1) is 0 Å². The smallest absolute Gasteiger partial charge is 0.407 e. The Morgan fingerprint density at radius 1 is 1.12 bits per heavy atom. The molecule has 7 atom stereocenters. The van der Waals surface area contributed by atoms with E-state index in [4.69, 9.17) is 9.84 Å². The number of allylic oxidation sites excluding steroid dienone is 1. The molecule has 0 aromatic heterocycles. The average Bonchev–Trinajstić information content (AvgIpc) is 3.11. The molecule has 1 amide bonds. The first-order chi connectivity index (χ1) is 16.1. The van der Waals surface area contributed by atoms with Crippen LogP contribution in [0, 0.1) is 40.4 Å². The topological polar surface area (TPSA) is 75.6 Å². The summed E-state index contributed by atoms with van der Waals surface area (Å²) >= 11 is 0. The fraction of sp³-hybridized carbons (Fsp3) is 0.862. The van der Waals surface area contributed by atoms with Gasteiger partial charge in [-0.25, -0.2) is 4.79 Å². The Hall–Kier alpha value is -1.52. The van der Waals surface area contributed by atoms with Crippen molar-refractivity contribution in [2.24, 2.45) is 40.4 Å². The second-order valence-corrected chi connectivity index (χ2v) is 12.8. The quantitative estimate of drug-likeness (QED) is 0.295. The number of carbonyl (C=O) groups is 2. The van der Waals surface area contributed by atoms with Gasteiger partial charge in [0, 0.05) is 6.42 Å². The number of carbonyl (C=O) groups excluding carboxylic acids is 1. The van der Waals surface area contributed by atoms with E-state index in [0.29, 0.717) is 5.41 Å². The molecule has 4 aliphatic carbocycles. The van der Waals surface area contributed by atoms with Crippen LogP contribution in [0.5, 0.6) is 0 Å². The van der Waals surface area contributed by atoms with Gasteiger partial charge in [-0.2, -0.15) is 0 Å². The van der Waals surface area contributed by atoms with E-state index in [2.05, 4.69) is 39.1 Å². The third kappa shape index (κ3) is 5.04. The number of carboxylic acids is 1. The number of alkyl carbamates (subject to hydrolysis) is 1. The molecule has 0 radical (unpaired) electrons. The van der Waals surface area contributed by atoms with Crippen molar-refractivity contribution in [1.29, 1.82) is 0 Å². The molecule has 0 bridgehead atoms. The third-order valence-electron chi connectivity index (χ3n) is 10.5. The fourth-order valence-corrected chi connectivity index (χ4v) is 8.60. The van der Waals surface area contributed by atoms with Crippen LogP contribution >= 0.6 is 0 Å². The lowest BCUT2D eigenvalue weighted by molar-refractivity contribution is -0.135. The standard InChI is InChI=1S/C29H47NO4/c1-19(2)7-5-6-8-20-10-12-24-23-11-9-21-17-22(34-27(33)30-18-26(31)32)13-15-29(21,4)25(23)14-16-28(20,24)3/h9,19-20,22-25H,5-8,10-18H2,1-4H3,(H,30,33)(H,31,32)/t20-,22-,23?,24?,25?,28+,29?/m0/s1. The molecule has 0 heterocycles. The van der Waals surface area contributed by atoms with Gasteiger partial charge < -0.3 is 15.2 Å². The van der Waals surface area contributed by atoms with E-state index in [1.165, 1.54) is 63.4 Å². The van der Waals surface area contributed by atoms with Crippen molar-refractivity contribution in [3.05, 3.63) is 11.6 Å². The maximum Gasteiger partial charge on any atom is 0.407 e. The summed E-state index contributed by atoms with van der Waals surface area (Å²) in [5, 5.41) is 11.1. The number of fused-ring (bicyclic) bond motifs is 5. The van der Waals surface area contributed by atoms with E-state index in [0.717, 1.165) is 48.9 Å². The molecule has 0 aromatic rings. The van der Waals surface area contributed by atoms with Crippen molar-refractivity contribution >= 4 is 12.1 Å². The molecule has 5 heteroatoms. The largest absolute Gasteiger partial charge is 0.480 e. The predicted molar refractivity (Wildman–Crippen MR) is 134 cm³/mol. The number of ether oxygens (including phenoxy) is 1. The highest BCUT2D eigenvalue weighted by molar-refractivity contribution is 5.76. The van der Waals surface area contributed by atoms with Crippen LogP contribution in [0.3, 0.4) is 0 Å². The minimum absolute atomic E-state index is 0.139. The van der Waals surface area contributed by atoms with Crippen LogP contribution in [0.2, 0.25) is 0 Å². The molecular formula is C29H47NO4. The van der Waals surface area contributed by atoms with Gasteiger partial charge in [0.15, 0.2) is 0 Å². The summed E-state index contributed by atoms with van der Waals surface area (Å²) in [6.07, 6.45) is 16.9. The number of aliphatic carboxylic acids is 1. The van der Waals surface area contributed by atoms with E-state index in [-0.39, 0.29) is 11.5 Å². The molecule has 0 aliphatic heterocycles. The van der Waals surface area contributed by atoms with Crippen LogP contribution < -0.4 is 5.32 Å². The fourth-order valence-electron chi connectivity index (χ4n) is 8.60. The lowest BCUT2D eigenvalue weighted by Gasteiger charge is -2.58. The lowest BCUT2D eigenvalue weighted by atomic mass is 9.47. The number of nitrogens with one attached hydrogen (secondary N) is 1. The molecule has 4 unspecified atom stereocenters. The Balaban J connectivity index is 1.38. The van der Waals surface area contributed by atoms with Gasteiger partial charge >= 0.3 is 12.1 Å². The molecule has 4 aliphatic rings. The summed E-state index contributed by atoms with van der Waals surface area (Å²) in [7, 11) is 0. The zero-order valence-corrected chi connectivity index (χ0v) is 21.9. The summed E-state index contributed by atoms with van der Waals surface area (Å²) in [4.78, 5) is 22.7. The van der Waals surface area contributed by atoms with E-state index < -0.39 is 18.6 Å². The second-order valence-electron chi connectivity index (χ2n) is 12.8. The van der Waals surface area contributed by atoms with Gasteiger partial charge in [0.2, 0.25) is 0 Å². The highest BCUT2D eigenvalue weighted by atomic mass is 16.6. The van der Waals surface area contributed by atoms with Gasteiger partial charge in [-0.05, 0) is 91.8 Å². The first-order valence-electron chi connectivity index (χ1n) is 14.0. The first kappa shape index (κ1) is 25.6. The number of hydrogen-bond donors (Lipinski definition) is 2. The zero-order valence-electron chi connectivity index (χ0n) is 21.9. The summed E-state index contributed by atoms with van der Waals surface area (Å²) in [5.41, 5.74) is 2.25. The van der Waals surface area contributed by atoms with Gasteiger partial charge in [-0.3, -0.25) is 4.79 Å². The third-order valence-corrected chi connectivity index (χ3v) is 10.5. The number of unbranched alkanes of at least 4 members (excludes halogenated alkanes) is 1. The Morgan fingerprint density at radius 3 is 2.65 bits per heavy atom. The maximum absolute atomic E-state index is 12.0. The minimum Gasteiger partial charge on any atom is -0.480 e. The predicted octanol–water partition coefficient (Wildman–Crippen LogP) is 6.96. The molecule has 0 saturated heterocycles. The molecule has 5 nitrogen and oxygen atoms in total. The summed E-state index contributed by atoms with van der Waals surface area (Å²) < 4.78 is 5.58. The Bertz CT molecular complexity index is 791. The summed E-state index contributed by atoms with van der Waals surface area (Å²) in [6, 6.07) is 0. The second kappa shape index (κ2) is 10.2. The van der Waals surface area contributed by atoms with Crippen molar-refractivity contribution in [2.45, 2.75) is 111 Å². The van der Waals surface area contributed by atoms with E-state index in [9.17, 15) is 9.59 Å². The van der Waals surface area contributed by atoms with Crippen LogP contribution in [0.25, 0.3) is 0 Å². The van der Waals surface area contributed by atoms with Crippen molar-refractivity contribution in [1.82, 2.24) is 5.32 Å². The van der Waals surface area contributed by atoms with Crippen molar-refractivity contribution in [2.75, 3.05) is 6.54 Å². The Kier molecular flexibility index (Phi) is 7.69. The maximum atomic E-state index is 12.0. The number of hydrogen-bond acceptors (Lipinski definition) is 3. The summed E-state index contributed by atoms with van der Waals surface area (Å²) in [5.74, 6) is 3.12. The summed E-state index contributed by atoms with van der Waals surface area (Å²) in [6.45, 7) is 9.41. The Morgan fingerprint density at radius 2 is 1.91 bits per heavy atom. The van der Waals surface area contributed by atoms with Gasteiger partial charge in [-0.15, -0.1) is 0 Å². The van der Waals surface area contributed by atoms with Gasteiger partial charge in [0.1, 0.15) is 12.6 Å². The van der Waals surface area contributed by atoms with Crippen LogP contribution in [0.4, 0.5) is 4.79 Å². The minimum atomic E-state index is -1.05. The molecule has 3 fully saturated rings. The van der Waals surface area contributed by atoms with Crippen molar-refractivity contribution in [3.8, 4) is 0 Å². The van der Waals surface area contributed by atoms with E-state index >= 15 is 0 Å². The molecule has 4 rings (SSSR count). The van der Waals surface area contributed by atoms with Gasteiger partial charge in [0.25, 0.3) is 0 Å². The molecule has 192 valence electrons. The van der Waals surface area contributed by atoms with Gasteiger partial charge in [-0.1, -0.05) is 58.6 Å². The average molecular weight is 474 g/mol. The van der Waals surface area contributed by atoms with E-state index in [1.807, 2.05) is 0 Å². The molecular weight excluding hydrogens is 426 g/mol. The van der Waals surface area contributed by atoms with Crippen LogP contribution in [0.1, 0.15) is 105 Å². The van der Waals surface area contributed by atoms with Crippen LogP contribution in [-0.2, 0) is 9.53 Å². The van der Waals surface area contributed by atoms with Crippen LogP contribution in [-0.4, -0.2) is 29.8 Å².